The van der Waals surface area contributed by atoms with Crippen LogP contribution in [0.5, 0.6) is 0 Å². The number of H-pyrrole nitrogens is 1. The highest BCUT2D eigenvalue weighted by Gasteiger charge is 2.28. The number of pyridine rings is 1. The van der Waals surface area contributed by atoms with Gasteiger partial charge in [0.05, 0.1) is 11.4 Å². The van der Waals surface area contributed by atoms with Gasteiger partial charge in [-0.05, 0) is 60.9 Å². The van der Waals surface area contributed by atoms with Crippen LogP contribution in [0, 0.1) is 5.82 Å². The number of piperidine rings is 1. The van der Waals surface area contributed by atoms with Crippen LogP contribution in [-0.4, -0.2) is 41.1 Å². The molecule has 1 aromatic carbocycles. The fourth-order valence-corrected chi connectivity index (χ4v) is 5.12. The zero-order valence-corrected chi connectivity index (χ0v) is 17.1. The number of benzene rings is 1. The molecule has 1 N–H and O–H groups in total. The fourth-order valence-electron chi connectivity index (χ4n) is 3.92. The normalized spacial score (nSPS) is 16.4. The minimum Gasteiger partial charge on any atom is -0.358 e. The first kappa shape index (κ1) is 19.1. The van der Waals surface area contributed by atoms with Crippen molar-refractivity contribution < 1.29 is 8.96 Å². The SMILES string of the molecule is CP(C)(=O)N1CCC(c2cc(-c3ccccn3)c(-c3ccc(F)cc3)[nH]2)CC1. The summed E-state index contributed by atoms with van der Waals surface area (Å²) >= 11 is 0. The molecule has 0 atom stereocenters. The molecule has 1 saturated heterocycles. The van der Waals surface area contributed by atoms with E-state index in [0.29, 0.717) is 5.92 Å². The van der Waals surface area contributed by atoms with Crippen LogP contribution in [0.1, 0.15) is 24.5 Å². The van der Waals surface area contributed by atoms with Gasteiger partial charge in [-0.25, -0.2) is 4.39 Å². The van der Waals surface area contributed by atoms with Gasteiger partial charge < -0.3 is 9.55 Å². The largest absolute Gasteiger partial charge is 0.358 e. The molecule has 0 radical (unpaired) electrons. The first-order chi connectivity index (χ1) is 13.4. The average Bonchev–Trinajstić information content (AvgIpc) is 3.14. The molecule has 0 saturated carbocycles. The van der Waals surface area contributed by atoms with Gasteiger partial charge in [-0.15, -0.1) is 0 Å². The lowest BCUT2D eigenvalue weighted by Crippen LogP contribution is -2.30. The summed E-state index contributed by atoms with van der Waals surface area (Å²) in [5, 5.41) is 0. The summed E-state index contributed by atoms with van der Waals surface area (Å²) in [5.41, 5.74) is 5.00. The monoisotopic (exact) mass is 397 g/mol. The Morgan fingerprint density at radius 3 is 2.43 bits per heavy atom. The highest BCUT2D eigenvalue weighted by atomic mass is 31.2. The molecular weight excluding hydrogens is 372 g/mol. The molecule has 0 spiro atoms. The van der Waals surface area contributed by atoms with Gasteiger partial charge in [0.25, 0.3) is 0 Å². The van der Waals surface area contributed by atoms with E-state index in [1.807, 2.05) is 31.5 Å². The van der Waals surface area contributed by atoms with E-state index in [1.165, 1.54) is 17.8 Å². The Hall–Kier alpha value is -2.23. The maximum Gasteiger partial charge on any atom is 0.144 e. The Morgan fingerprint density at radius 1 is 1.11 bits per heavy atom. The van der Waals surface area contributed by atoms with Crippen molar-refractivity contribution in [3.63, 3.8) is 0 Å². The second-order valence-corrected chi connectivity index (χ2v) is 10.9. The molecule has 146 valence electrons. The van der Waals surface area contributed by atoms with Gasteiger partial charge in [-0.1, -0.05) is 6.07 Å². The molecule has 28 heavy (non-hydrogen) atoms. The van der Waals surface area contributed by atoms with Crippen molar-refractivity contribution in [2.75, 3.05) is 26.4 Å². The Bertz CT molecular complexity index is 986. The standard InChI is InChI=1S/C22H25FN3OP/c1-28(2,27)26-13-10-16(11-14-26)21-15-19(20-5-3-4-12-24-20)22(25-21)17-6-8-18(23)9-7-17/h3-9,12,15-16,25H,10-11,13-14H2,1-2H3. The quantitative estimate of drug-likeness (QED) is 0.583. The number of halogens is 1. The number of aromatic nitrogens is 2. The van der Waals surface area contributed by atoms with Crippen molar-refractivity contribution in [1.29, 1.82) is 0 Å². The Morgan fingerprint density at radius 2 is 1.82 bits per heavy atom. The van der Waals surface area contributed by atoms with Crippen molar-refractivity contribution in [1.82, 2.24) is 14.6 Å². The zero-order valence-electron chi connectivity index (χ0n) is 16.2. The summed E-state index contributed by atoms with van der Waals surface area (Å²) in [7, 11) is -2.19. The van der Waals surface area contributed by atoms with Crippen LogP contribution in [0.4, 0.5) is 4.39 Å². The first-order valence-corrected chi connectivity index (χ1v) is 12.2. The van der Waals surface area contributed by atoms with Crippen molar-refractivity contribution in [2.24, 2.45) is 0 Å². The lowest BCUT2D eigenvalue weighted by atomic mass is 9.94. The van der Waals surface area contributed by atoms with Crippen LogP contribution < -0.4 is 0 Å². The Labute approximate surface area is 165 Å². The molecule has 1 aliphatic heterocycles. The van der Waals surface area contributed by atoms with Gasteiger partial charge in [0, 0.05) is 49.8 Å². The van der Waals surface area contributed by atoms with Crippen LogP contribution in [0.2, 0.25) is 0 Å². The molecule has 4 nitrogen and oxygen atoms in total. The van der Waals surface area contributed by atoms with E-state index < -0.39 is 7.29 Å². The molecule has 0 unspecified atom stereocenters. The molecule has 4 rings (SSSR count). The molecule has 3 aromatic rings. The number of rotatable bonds is 4. The molecule has 1 fully saturated rings. The predicted molar refractivity (Wildman–Crippen MR) is 112 cm³/mol. The minimum atomic E-state index is -2.19. The van der Waals surface area contributed by atoms with E-state index in [4.69, 9.17) is 0 Å². The van der Waals surface area contributed by atoms with E-state index in [2.05, 4.69) is 20.7 Å². The first-order valence-electron chi connectivity index (χ1n) is 9.62. The lowest BCUT2D eigenvalue weighted by molar-refractivity contribution is 0.318. The summed E-state index contributed by atoms with van der Waals surface area (Å²) < 4.78 is 27.9. The number of aromatic amines is 1. The van der Waals surface area contributed by atoms with Gasteiger partial charge in [0.1, 0.15) is 13.1 Å². The van der Waals surface area contributed by atoms with Crippen molar-refractivity contribution in [3.05, 3.63) is 66.2 Å². The summed E-state index contributed by atoms with van der Waals surface area (Å²) in [6.45, 7) is 5.37. The number of nitrogens with one attached hydrogen (secondary N) is 1. The smallest absolute Gasteiger partial charge is 0.144 e. The summed E-state index contributed by atoms with van der Waals surface area (Å²) in [5.74, 6) is 0.144. The molecule has 1 aliphatic rings. The van der Waals surface area contributed by atoms with Crippen LogP contribution in [0.3, 0.4) is 0 Å². The number of hydrogen-bond donors (Lipinski definition) is 1. The van der Waals surface area contributed by atoms with Gasteiger partial charge >= 0.3 is 0 Å². The second-order valence-electron chi connectivity index (χ2n) is 7.76. The van der Waals surface area contributed by atoms with Gasteiger partial charge in [-0.3, -0.25) is 9.65 Å². The topological polar surface area (TPSA) is 49.0 Å². The highest BCUT2D eigenvalue weighted by molar-refractivity contribution is 7.59. The van der Waals surface area contributed by atoms with Crippen LogP contribution >= 0.6 is 7.29 Å². The van der Waals surface area contributed by atoms with Crippen LogP contribution in [0.15, 0.2) is 54.7 Å². The molecule has 6 heteroatoms. The third kappa shape index (κ3) is 3.96. The molecule has 2 aromatic heterocycles. The molecule has 0 amide bonds. The summed E-state index contributed by atoms with van der Waals surface area (Å²) in [6, 6.07) is 14.6. The molecule has 0 aliphatic carbocycles. The maximum atomic E-state index is 13.4. The molecule has 0 bridgehead atoms. The van der Waals surface area contributed by atoms with E-state index >= 15 is 0 Å². The second kappa shape index (κ2) is 7.65. The van der Waals surface area contributed by atoms with E-state index in [0.717, 1.165) is 48.4 Å². The van der Waals surface area contributed by atoms with Crippen LogP contribution in [0.25, 0.3) is 22.5 Å². The third-order valence-corrected chi connectivity index (χ3v) is 7.27. The van der Waals surface area contributed by atoms with Crippen molar-refractivity contribution in [2.45, 2.75) is 18.8 Å². The fraction of sp³-hybridized carbons (Fsp3) is 0.318. The van der Waals surface area contributed by atoms with E-state index in [-0.39, 0.29) is 5.82 Å². The Balaban J connectivity index is 1.68. The zero-order chi connectivity index (χ0) is 19.7. The van der Waals surface area contributed by atoms with Gasteiger partial charge in [-0.2, -0.15) is 0 Å². The highest BCUT2D eigenvalue weighted by Crippen LogP contribution is 2.45. The van der Waals surface area contributed by atoms with E-state index in [9.17, 15) is 8.96 Å². The third-order valence-electron chi connectivity index (χ3n) is 5.50. The minimum absolute atomic E-state index is 0.245. The van der Waals surface area contributed by atoms with Crippen molar-refractivity contribution >= 4 is 7.29 Å². The Kier molecular flexibility index (Phi) is 5.22. The van der Waals surface area contributed by atoms with E-state index in [1.54, 1.807) is 18.3 Å². The van der Waals surface area contributed by atoms with Crippen molar-refractivity contribution in [3.8, 4) is 22.5 Å². The summed E-state index contributed by atoms with van der Waals surface area (Å²) in [4.78, 5) is 8.11. The van der Waals surface area contributed by atoms with Gasteiger partial charge in [0.2, 0.25) is 0 Å². The van der Waals surface area contributed by atoms with Gasteiger partial charge in [0.15, 0.2) is 0 Å². The molecular formula is C22H25FN3OP. The maximum absolute atomic E-state index is 13.4. The number of nitrogens with zero attached hydrogens (tertiary/aromatic N) is 2. The predicted octanol–water partition coefficient (Wildman–Crippen LogP) is 5.60. The van der Waals surface area contributed by atoms with Crippen LogP contribution in [-0.2, 0) is 4.57 Å². The average molecular weight is 397 g/mol. The molecule has 3 heterocycles. The summed E-state index contributed by atoms with van der Waals surface area (Å²) in [6.07, 6.45) is 3.72. The number of hydrogen-bond acceptors (Lipinski definition) is 2. The lowest BCUT2D eigenvalue weighted by Gasteiger charge is -2.34.